The summed E-state index contributed by atoms with van der Waals surface area (Å²) in [5, 5.41) is 10.9. The molecular formula is C18H22N4O3. The highest BCUT2D eigenvalue weighted by atomic mass is 16.5. The Balaban J connectivity index is 1.42. The average Bonchev–Trinajstić information content (AvgIpc) is 3.20. The van der Waals surface area contributed by atoms with Gasteiger partial charge in [-0.15, -0.1) is 10.2 Å². The number of anilines is 1. The summed E-state index contributed by atoms with van der Waals surface area (Å²) in [5.41, 5.74) is 0.312. The summed E-state index contributed by atoms with van der Waals surface area (Å²) in [7, 11) is 1.62. The third-order valence-corrected chi connectivity index (χ3v) is 4.03. The van der Waals surface area contributed by atoms with Crippen molar-refractivity contribution >= 4 is 11.7 Å². The molecule has 1 saturated heterocycles. The van der Waals surface area contributed by atoms with Crippen molar-refractivity contribution in [3.8, 4) is 11.5 Å². The maximum atomic E-state index is 12.1. The number of carbonyl (C=O) groups excluding carboxylic acids is 1. The van der Waals surface area contributed by atoms with E-state index in [1.54, 1.807) is 13.2 Å². The highest BCUT2D eigenvalue weighted by molar-refractivity contribution is 5.92. The number of methoxy groups -OCH3 is 1. The Labute approximate surface area is 147 Å². The summed E-state index contributed by atoms with van der Waals surface area (Å²) in [6.07, 6.45) is 2.36. The molecule has 0 spiro atoms. The Bertz CT molecular complexity index is 682. The zero-order valence-electron chi connectivity index (χ0n) is 14.3. The monoisotopic (exact) mass is 342 g/mol. The number of carbonyl (C=O) groups is 1. The van der Waals surface area contributed by atoms with E-state index in [9.17, 15) is 4.79 Å². The molecular weight excluding hydrogens is 320 g/mol. The molecule has 132 valence electrons. The molecule has 0 unspecified atom stereocenters. The van der Waals surface area contributed by atoms with Crippen LogP contribution >= 0.6 is 0 Å². The van der Waals surface area contributed by atoms with E-state index in [-0.39, 0.29) is 5.91 Å². The normalized spacial score (nSPS) is 13.6. The van der Waals surface area contributed by atoms with Gasteiger partial charge in [-0.25, -0.2) is 0 Å². The Morgan fingerprint density at radius 1 is 1.08 bits per heavy atom. The molecule has 0 radical (unpaired) electrons. The van der Waals surface area contributed by atoms with Crippen LogP contribution < -0.4 is 19.7 Å². The van der Waals surface area contributed by atoms with Gasteiger partial charge in [-0.1, -0.05) is 0 Å². The van der Waals surface area contributed by atoms with Crippen LogP contribution in [0.4, 0.5) is 5.82 Å². The van der Waals surface area contributed by atoms with Crippen LogP contribution in [0.2, 0.25) is 0 Å². The second-order valence-corrected chi connectivity index (χ2v) is 5.75. The van der Waals surface area contributed by atoms with Crippen molar-refractivity contribution in [3.05, 3.63) is 42.1 Å². The Kier molecular flexibility index (Phi) is 5.66. The molecule has 1 fully saturated rings. The predicted octanol–water partition coefficient (Wildman–Crippen LogP) is 1.89. The smallest absolute Gasteiger partial charge is 0.271 e. The molecule has 7 nitrogen and oxygen atoms in total. The van der Waals surface area contributed by atoms with E-state index in [0.717, 1.165) is 30.4 Å². The summed E-state index contributed by atoms with van der Waals surface area (Å²) in [6.45, 7) is 2.77. The summed E-state index contributed by atoms with van der Waals surface area (Å²) in [4.78, 5) is 14.3. The third kappa shape index (κ3) is 4.59. The molecule has 0 atom stereocenters. The molecule has 0 saturated carbocycles. The fraction of sp³-hybridized carbons (Fsp3) is 0.389. The van der Waals surface area contributed by atoms with Crippen molar-refractivity contribution in [3.63, 3.8) is 0 Å². The van der Waals surface area contributed by atoms with Crippen LogP contribution in [-0.4, -0.2) is 49.5 Å². The van der Waals surface area contributed by atoms with Crippen molar-refractivity contribution < 1.29 is 14.3 Å². The SMILES string of the molecule is COc1ccc(OCCNC(=O)c2ccc(N3CCCC3)nn2)cc1. The van der Waals surface area contributed by atoms with Crippen LogP contribution in [0.5, 0.6) is 11.5 Å². The molecule has 1 aliphatic rings. The minimum absolute atomic E-state index is 0.251. The van der Waals surface area contributed by atoms with Crippen LogP contribution in [0.25, 0.3) is 0 Å². The lowest BCUT2D eigenvalue weighted by molar-refractivity contribution is 0.0941. The van der Waals surface area contributed by atoms with Gasteiger partial charge in [0.1, 0.15) is 18.1 Å². The van der Waals surface area contributed by atoms with Gasteiger partial charge in [-0.3, -0.25) is 4.79 Å². The highest BCUT2D eigenvalue weighted by Gasteiger charge is 2.15. The van der Waals surface area contributed by atoms with Gasteiger partial charge >= 0.3 is 0 Å². The molecule has 0 bridgehead atoms. The van der Waals surface area contributed by atoms with Crippen LogP contribution in [-0.2, 0) is 0 Å². The van der Waals surface area contributed by atoms with Crippen LogP contribution in [0.1, 0.15) is 23.3 Å². The van der Waals surface area contributed by atoms with Crippen LogP contribution in [0.15, 0.2) is 36.4 Å². The first-order chi connectivity index (χ1) is 12.3. The minimum Gasteiger partial charge on any atom is -0.497 e. The topological polar surface area (TPSA) is 76.6 Å². The number of hydrogen-bond acceptors (Lipinski definition) is 6. The Morgan fingerprint density at radius 2 is 1.80 bits per heavy atom. The quantitative estimate of drug-likeness (QED) is 0.775. The van der Waals surface area contributed by atoms with Crippen molar-refractivity contribution in [2.75, 3.05) is 38.3 Å². The van der Waals surface area contributed by atoms with Gasteiger partial charge in [0.15, 0.2) is 11.5 Å². The number of aromatic nitrogens is 2. The fourth-order valence-electron chi connectivity index (χ4n) is 2.66. The maximum Gasteiger partial charge on any atom is 0.271 e. The number of nitrogens with zero attached hydrogens (tertiary/aromatic N) is 3. The van der Waals surface area contributed by atoms with Gasteiger partial charge in [0.25, 0.3) is 5.91 Å². The highest BCUT2D eigenvalue weighted by Crippen LogP contribution is 2.17. The first kappa shape index (κ1) is 17.0. The number of rotatable bonds is 7. The summed E-state index contributed by atoms with van der Waals surface area (Å²) in [5.74, 6) is 2.08. The average molecular weight is 342 g/mol. The summed E-state index contributed by atoms with van der Waals surface area (Å²) in [6, 6.07) is 10.9. The largest absolute Gasteiger partial charge is 0.497 e. The molecule has 1 amide bonds. The zero-order valence-corrected chi connectivity index (χ0v) is 14.3. The summed E-state index contributed by atoms with van der Waals surface area (Å²) < 4.78 is 10.7. The van der Waals surface area contributed by atoms with Gasteiger partial charge < -0.3 is 19.7 Å². The van der Waals surface area contributed by atoms with Gasteiger partial charge in [0.05, 0.1) is 13.7 Å². The lowest BCUT2D eigenvalue weighted by Gasteiger charge is -2.15. The van der Waals surface area contributed by atoms with Gasteiger partial charge in [0, 0.05) is 13.1 Å². The molecule has 25 heavy (non-hydrogen) atoms. The number of benzene rings is 1. The number of hydrogen-bond donors (Lipinski definition) is 1. The lowest BCUT2D eigenvalue weighted by Crippen LogP contribution is -2.29. The van der Waals surface area contributed by atoms with E-state index < -0.39 is 0 Å². The van der Waals surface area contributed by atoms with E-state index in [1.165, 1.54) is 12.8 Å². The van der Waals surface area contributed by atoms with E-state index in [2.05, 4.69) is 20.4 Å². The lowest BCUT2D eigenvalue weighted by atomic mass is 10.3. The van der Waals surface area contributed by atoms with Gasteiger partial charge in [0.2, 0.25) is 0 Å². The van der Waals surface area contributed by atoms with Crippen LogP contribution in [0.3, 0.4) is 0 Å². The van der Waals surface area contributed by atoms with Crippen LogP contribution in [0, 0.1) is 0 Å². The van der Waals surface area contributed by atoms with Crippen molar-refractivity contribution in [1.82, 2.24) is 15.5 Å². The summed E-state index contributed by atoms with van der Waals surface area (Å²) >= 11 is 0. The Morgan fingerprint density at radius 3 is 2.44 bits per heavy atom. The van der Waals surface area contributed by atoms with E-state index in [1.807, 2.05) is 30.3 Å². The third-order valence-electron chi connectivity index (χ3n) is 4.03. The molecule has 1 aliphatic heterocycles. The van der Waals surface area contributed by atoms with Gasteiger partial charge in [-0.2, -0.15) is 0 Å². The first-order valence-corrected chi connectivity index (χ1v) is 8.40. The fourth-order valence-corrected chi connectivity index (χ4v) is 2.66. The second-order valence-electron chi connectivity index (χ2n) is 5.75. The van der Waals surface area contributed by atoms with E-state index in [4.69, 9.17) is 9.47 Å². The van der Waals surface area contributed by atoms with E-state index in [0.29, 0.717) is 18.8 Å². The molecule has 1 aromatic carbocycles. The zero-order chi connectivity index (χ0) is 17.5. The second kappa shape index (κ2) is 8.32. The van der Waals surface area contributed by atoms with Crippen molar-refractivity contribution in [2.45, 2.75) is 12.8 Å². The van der Waals surface area contributed by atoms with Crippen molar-refractivity contribution in [2.24, 2.45) is 0 Å². The van der Waals surface area contributed by atoms with Gasteiger partial charge in [-0.05, 0) is 49.2 Å². The number of ether oxygens (including phenoxy) is 2. The molecule has 7 heteroatoms. The standard InChI is InChI=1S/C18H22N4O3/c1-24-14-4-6-15(7-5-14)25-13-10-19-18(23)16-8-9-17(21-20-16)22-11-2-3-12-22/h4-9H,2-3,10-13H2,1H3,(H,19,23). The van der Waals surface area contributed by atoms with E-state index >= 15 is 0 Å². The number of nitrogens with one attached hydrogen (secondary N) is 1. The molecule has 0 aliphatic carbocycles. The molecule has 2 aromatic rings. The molecule has 1 N–H and O–H groups in total. The molecule has 1 aromatic heterocycles. The Hall–Kier alpha value is -2.83. The molecule has 3 rings (SSSR count). The predicted molar refractivity (Wildman–Crippen MR) is 94.3 cm³/mol. The first-order valence-electron chi connectivity index (χ1n) is 8.40. The molecule has 2 heterocycles. The number of amides is 1. The van der Waals surface area contributed by atoms with Crippen molar-refractivity contribution in [1.29, 1.82) is 0 Å². The minimum atomic E-state index is -0.251. The maximum absolute atomic E-state index is 12.1.